The zero-order chi connectivity index (χ0) is 18.9. The van der Waals surface area contributed by atoms with Crippen molar-refractivity contribution in [3.05, 3.63) is 47.5 Å². The van der Waals surface area contributed by atoms with E-state index in [9.17, 15) is 13.2 Å². The summed E-state index contributed by atoms with van der Waals surface area (Å²) in [6.07, 6.45) is 0.198. The van der Waals surface area contributed by atoms with E-state index in [1.807, 2.05) is 25.1 Å². The molecule has 1 amide bonds. The van der Waals surface area contributed by atoms with E-state index < -0.39 is 10.0 Å². The number of aryl methyl sites for hydroxylation is 1. The third-order valence-corrected chi connectivity index (χ3v) is 5.60. The average Bonchev–Trinajstić information content (AvgIpc) is 2.95. The first-order chi connectivity index (χ1) is 12.3. The minimum Gasteiger partial charge on any atom is -0.496 e. The van der Waals surface area contributed by atoms with Gasteiger partial charge in [0.1, 0.15) is 5.75 Å². The number of carbonyl (C=O) groups excluding carboxylic acids is 1. The Morgan fingerprint density at radius 2 is 2.04 bits per heavy atom. The SMILES string of the molecule is COc1ccc(CC(=O)Nc2nc3ccc(S(N)(=O)=O)cc3s2)cc1C. The van der Waals surface area contributed by atoms with Gasteiger partial charge in [0, 0.05) is 0 Å². The number of benzene rings is 2. The van der Waals surface area contributed by atoms with E-state index in [1.165, 1.54) is 23.5 Å². The van der Waals surface area contributed by atoms with Crippen LogP contribution < -0.4 is 15.2 Å². The lowest BCUT2D eigenvalue weighted by molar-refractivity contribution is -0.115. The second kappa shape index (κ2) is 7.02. The van der Waals surface area contributed by atoms with Gasteiger partial charge >= 0.3 is 0 Å². The van der Waals surface area contributed by atoms with E-state index in [0.29, 0.717) is 15.3 Å². The number of hydrogen-bond acceptors (Lipinski definition) is 6. The number of fused-ring (bicyclic) bond motifs is 1. The van der Waals surface area contributed by atoms with Gasteiger partial charge in [-0.25, -0.2) is 18.5 Å². The number of methoxy groups -OCH3 is 1. The molecule has 9 heteroatoms. The Hall–Kier alpha value is -2.49. The summed E-state index contributed by atoms with van der Waals surface area (Å²) in [5.74, 6) is 0.561. The van der Waals surface area contributed by atoms with Crippen molar-refractivity contribution in [1.29, 1.82) is 0 Å². The lowest BCUT2D eigenvalue weighted by atomic mass is 10.1. The van der Waals surface area contributed by atoms with Crippen molar-refractivity contribution < 1.29 is 17.9 Å². The topological polar surface area (TPSA) is 111 Å². The first kappa shape index (κ1) is 18.3. The molecule has 136 valence electrons. The molecule has 0 spiro atoms. The first-order valence-electron chi connectivity index (χ1n) is 7.63. The molecule has 0 aliphatic rings. The molecule has 0 saturated carbocycles. The van der Waals surface area contributed by atoms with Gasteiger partial charge in [0.15, 0.2) is 5.13 Å². The molecule has 0 atom stereocenters. The molecule has 0 unspecified atom stereocenters. The first-order valence-corrected chi connectivity index (χ1v) is 9.99. The molecule has 2 aromatic carbocycles. The van der Waals surface area contributed by atoms with E-state index >= 15 is 0 Å². The van der Waals surface area contributed by atoms with Gasteiger partial charge in [-0.2, -0.15) is 0 Å². The van der Waals surface area contributed by atoms with E-state index in [0.717, 1.165) is 16.9 Å². The van der Waals surface area contributed by atoms with Gasteiger partial charge in [-0.3, -0.25) is 4.79 Å². The molecule has 26 heavy (non-hydrogen) atoms. The molecule has 0 aliphatic carbocycles. The Morgan fingerprint density at radius 3 is 2.69 bits per heavy atom. The molecule has 1 aromatic heterocycles. The average molecular weight is 391 g/mol. The van der Waals surface area contributed by atoms with Crippen molar-refractivity contribution in [3.8, 4) is 5.75 Å². The molecule has 0 aliphatic heterocycles. The van der Waals surface area contributed by atoms with Crippen molar-refractivity contribution in [2.45, 2.75) is 18.2 Å². The molecular weight excluding hydrogens is 374 g/mol. The largest absolute Gasteiger partial charge is 0.496 e. The minimum absolute atomic E-state index is 0.0141. The van der Waals surface area contributed by atoms with Crippen molar-refractivity contribution in [1.82, 2.24) is 4.98 Å². The summed E-state index contributed by atoms with van der Waals surface area (Å²) in [4.78, 5) is 16.6. The van der Waals surface area contributed by atoms with Crippen molar-refractivity contribution >= 4 is 42.6 Å². The van der Waals surface area contributed by atoms with Gasteiger partial charge in [0.05, 0.1) is 28.6 Å². The number of anilines is 1. The summed E-state index contributed by atoms with van der Waals surface area (Å²) in [6, 6.07) is 9.96. The molecule has 3 rings (SSSR count). The number of aromatic nitrogens is 1. The van der Waals surface area contributed by atoms with Gasteiger partial charge in [-0.1, -0.05) is 23.5 Å². The quantitative estimate of drug-likeness (QED) is 0.694. The lowest BCUT2D eigenvalue weighted by Gasteiger charge is -2.07. The highest BCUT2D eigenvalue weighted by Gasteiger charge is 2.13. The van der Waals surface area contributed by atoms with Crippen LogP contribution in [0.25, 0.3) is 10.2 Å². The number of nitrogens with two attached hydrogens (primary N) is 1. The molecule has 7 nitrogen and oxygen atoms in total. The van der Waals surface area contributed by atoms with Crippen molar-refractivity contribution in [2.24, 2.45) is 5.14 Å². The van der Waals surface area contributed by atoms with Crippen LogP contribution in [0.5, 0.6) is 5.75 Å². The summed E-state index contributed by atoms with van der Waals surface area (Å²) < 4.78 is 28.7. The molecule has 1 heterocycles. The molecule has 0 bridgehead atoms. The number of nitrogens with one attached hydrogen (secondary N) is 1. The third kappa shape index (κ3) is 4.01. The fourth-order valence-electron chi connectivity index (χ4n) is 2.53. The summed E-state index contributed by atoms with van der Waals surface area (Å²) >= 11 is 1.19. The van der Waals surface area contributed by atoms with Crippen LogP contribution in [-0.4, -0.2) is 26.4 Å². The number of nitrogens with zero attached hydrogens (tertiary/aromatic N) is 1. The number of thiazole rings is 1. The highest BCUT2D eigenvalue weighted by molar-refractivity contribution is 7.89. The zero-order valence-corrected chi connectivity index (χ0v) is 15.8. The second-order valence-corrected chi connectivity index (χ2v) is 8.31. The van der Waals surface area contributed by atoms with Crippen LogP contribution in [0, 0.1) is 6.92 Å². The van der Waals surface area contributed by atoms with Crippen LogP contribution in [0.4, 0.5) is 5.13 Å². The normalized spacial score (nSPS) is 11.5. The van der Waals surface area contributed by atoms with Crippen molar-refractivity contribution in [2.75, 3.05) is 12.4 Å². The molecule has 3 aromatic rings. The Balaban J connectivity index is 1.76. The third-order valence-electron chi connectivity index (χ3n) is 3.76. The van der Waals surface area contributed by atoms with Gasteiger partial charge in [-0.15, -0.1) is 0 Å². The van der Waals surface area contributed by atoms with Gasteiger partial charge < -0.3 is 10.1 Å². The van der Waals surface area contributed by atoms with Crippen LogP contribution in [0.2, 0.25) is 0 Å². The maximum atomic E-state index is 12.3. The number of primary sulfonamides is 1. The summed E-state index contributed by atoms with van der Waals surface area (Å²) in [7, 11) is -2.18. The van der Waals surface area contributed by atoms with Crippen LogP contribution in [0.1, 0.15) is 11.1 Å². The predicted molar refractivity (Wildman–Crippen MR) is 101 cm³/mol. The number of amides is 1. The summed E-state index contributed by atoms with van der Waals surface area (Å²) in [5, 5.41) is 8.28. The van der Waals surface area contributed by atoms with Crippen LogP contribution in [-0.2, 0) is 21.2 Å². The fourth-order valence-corrected chi connectivity index (χ4v) is 4.07. The monoisotopic (exact) mass is 391 g/mol. The second-order valence-electron chi connectivity index (χ2n) is 5.72. The molecule has 0 radical (unpaired) electrons. The van der Waals surface area contributed by atoms with Gasteiger partial charge in [0.2, 0.25) is 15.9 Å². The molecular formula is C17H17N3O4S2. The van der Waals surface area contributed by atoms with E-state index in [4.69, 9.17) is 9.88 Å². The number of rotatable bonds is 5. The highest BCUT2D eigenvalue weighted by Crippen LogP contribution is 2.28. The van der Waals surface area contributed by atoms with Crippen molar-refractivity contribution in [3.63, 3.8) is 0 Å². The Morgan fingerprint density at radius 1 is 1.27 bits per heavy atom. The van der Waals surface area contributed by atoms with Crippen LogP contribution in [0.3, 0.4) is 0 Å². The minimum atomic E-state index is -3.78. The Bertz CT molecular complexity index is 1090. The summed E-state index contributed by atoms with van der Waals surface area (Å²) in [6.45, 7) is 1.91. The number of sulfonamides is 1. The molecule has 0 fully saturated rings. The number of ether oxygens (including phenoxy) is 1. The van der Waals surface area contributed by atoms with Gasteiger partial charge in [-0.05, 0) is 42.3 Å². The van der Waals surface area contributed by atoms with Crippen LogP contribution in [0.15, 0.2) is 41.3 Å². The maximum Gasteiger partial charge on any atom is 0.238 e. The number of hydrogen-bond donors (Lipinski definition) is 2. The lowest BCUT2D eigenvalue weighted by Crippen LogP contribution is -2.14. The predicted octanol–water partition coefficient (Wildman–Crippen LogP) is 2.44. The fraction of sp³-hybridized carbons (Fsp3) is 0.176. The smallest absolute Gasteiger partial charge is 0.238 e. The van der Waals surface area contributed by atoms with E-state index in [-0.39, 0.29) is 17.2 Å². The summed E-state index contributed by atoms with van der Waals surface area (Å²) in [5.41, 5.74) is 2.41. The van der Waals surface area contributed by atoms with Gasteiger partial charge in [0.25, 0.3) is 0 Å². The maximum absolute atomic E-state index is 12.3. The Kier molecular flexibility index (Phi) is 4.94. The van der Waals surface area contributed by atoms with E-state index in [1.54, 1.807) is 13.2 Å². The Labute approximate surface area is 154 Å². The van der Waals surface area contributed by atoms with Crippen LogP contribution >= 0.6 is 11.3 Å². The molecule has 3 N–H and O–H groups in total. The van der Waals surface area contributed by atoms with E-state index in [2.05, 4.69) is 10.3 Å². The molecule has 0 saturated heterocycles. The standard InChI is InChI=1S/C17H17N3O4S2/c1-10-7-11(3-6-14(10)24-2)8-16(21)20-17-19-13-5-4-12(26(18,22)23)9-15(13)25-17/h3-7,9H,8H2,1-2H3,(H2,18,22,23)(H,19,20,21). The zero-order valence-electron chi connectivity index (χ0n) is 14.1. The number of carbonyl (C=O) groups is 1. The highest BCUT2D eigenvalue weighted by atomic mass is 32.2.